The summed E-state index contributed by atoms with van der Waals surface area (Å²) < 4.78 is 1.55. The lowest BCUT2D eigenvalue weighted by molar-refractivity contribution is 0.971. The maximum atomic E-state index is 5.12. The van der Waals surface area contributed by atoms with Gasteiger partial charge >= 0.3 is 0 Å². The number of hydrogen-bond acceptors (Lipinski definition) is 3. The summed E-state index contributed by atoms with van der Waals surface area (Å²) in [5, 5.41) is 0. The first-order chi connectivity index (χ1) is 6.65. The molecule has 1 rings (SSSR count). The Kier molecular flexibility index (Phi) is 5.12. The smallest absolute Gasteiger partial charge is 0.144 e. The molecule has 0 bridgehead atoms. The predicted molar refractivity (Wildman–Crippen MR) is 68.3 cm³/mol. The first-order valence-corrected chi connectivity index (χ1v) is 6.83. The molecule has 1 aromatic heterocycles. The van der Waals surface area contributed by atoms with E-state index >= 15 is 0 Å². The van der Waals surface area contributed by atoms with Gasteiger partial charge in [0.1, 0.15) is 10.5 Å². The van der Waals surface area contributed by atoms with E-state index in [9.17, 15) is 0 Å². The van der Waals surface area contributed by atoms with E-state index in [1.165, 1.54) is 6.42 Å². The van der Waals surface area contributed by atoms with Gasteiger partial charge in [0.25, 0.3) is 0 Å². The molecule has 0 fully saturated rings. The van der Waals surface area contributed by atoms with Gasteiger partial charge in [0.2, 0.25) is 0 Å². The first-order valence-electron chi connectivity index (χ1n) is 4.48. The van der Waals surface area contributed by atoms with Gasteiger partial charge in [0, 0.05) is 5.69 Å². The Labute approximate surface area is 102 Å². The maximum Gasteiger partial charge on any atom is 0.144 e. The summed E-state index contributed by atoms with van der Waals surface area (Å²) in [5.74, 6) is 3.04. The van der Waals surface area contributed by atoms with Crippen molar-refractivity contribution in [2.45, 2.75) is 26.0 Å². The molecule has 0 amide bonds. The highest BCUT2D eigenvalue weighted by Gasteiger charge is 2.01. The fraction of sp³-hybridized carbons (Fsp3) is 0.556. The Morgan fingerprint density at radius 3 is 2.86 bits per heavy atom. The zero-order valence-corrected chi connectivity index (χ0v) is 11.5. The molecule has 2 nitrogen and oxygen atoms in total. The zero-order chi connectivity index (χ0) is 10.6. The largest absolute Gasteiger partial charge is 0.346 e. The predicted octanol–water partition coefficient (Wildman–Crippen LogP) is 3.85. The Balaban J connectivity index is 2.75. The van der Waals surface area contributed by atoms with Crippen molar-refractivity contribution in [3.63, 3.8) is 0 Å². The minimum absolute atomic E-state index is 0.647. The molecule has 78 valence electrons. The number of H-pyrrole nitrogens is 1. The topological polar surface area (TPSA) is 28.7 Å². The van der Waals surface area contributed by atoms with Crippen molar-refractivity contribution >= 4 is 39.9 Å². The molecule has 0 aliphatic heterocycles. The molecule has 0 radical (unpaired) electrons. The maximum absolute atomic E-state index is 5.12. The van der Waals surface area contributed by atoms with E-state index in [-0.39, 0.29) is 0 Å². The average Bonchev–Trinajstić information content (AvgIpc) is 2.14. The van der Waals surface area contributed by atoms with Crippen LogP contribution in [0.4, 0.5) is 0 Å². The summed E-state index contributed by atoms with van der Waals surface area (Å²) in [7, 11) is 0. The van der Waals surface area contributed by atoms with Crippen LogP contribution in [0.25, 0.3) is 0 Å². The van der Waals surface area contributed by atoms with Crippen LogP contribution in [-0.4, -0.2) is 15.7 Å². The minimum Gasteiger partial charge on any atom is -0.346 e. The number of halogens is 1. The highest BCUT2D eigenvalue weighted by atomic mass is 79.9. The molecular formula is C9H13BrN2S2. The minimum atomic E-state index is 0.647. The Hall–Kier alpha value is 0.130. The van der Waals surface area contributed by atoms with Gasteiger partial charge in [0.05, 0.1) is 10.2 Å². The normalized spacial score (nSPS) is 10.5. The van der Waals surface area contributed by atoms with E-state index in [4.69, 9.17) is 12.2 Å². The lowest BCUT2D eigenvalue weighted by Gasteiger charge is -2.04. The van der Waals surface area contributed by atoms with E-state index in [0.717, 1.165) is 27.5 Å². The summed E-state index contributed by atoms with van der Waals surface area (Å²) in [6.07, 6.45) is 1.20. The van der Waals surface area contributed by atoms with E-state index in [1.54, 1.807) is 0 Å². The molecule has 0 unspecified atom stereocenters. The summed E-state index contributed by atoms with van der Waals surface area (Å²) in [6.45, 7) is 4.17. The fourth-order valence-corrected chi connectivity index (χ4v) is 2.23. The molecule has 0 spiro atoms. The number of nitrogens with one attached hydrogen (secondary N) is 1. The van der Waals surface area contributed by atoms with Crippen LogP contribution < -0.4 is 0 Å². The number of hydrogen-bond donors (Lipinski definition) is 1. The molecule has 5 heteroatoms. The molecule has 0 saturated carbocycles. The molecule has 0 atom stereocenters. The molecule has 14 heavy (non-hydrogen) atoms. The van der Waals surface area contributed by atoms with E-state index in [2.05, 4.69) is 32.8 Å². The second-order valence-corrected chi connectivity index (χ2v) is 5.27. The van der Waals surface area contributed by atoms with Gasteiger partial charge in [-0.05, 0) is 35.0 Å². The number of aromatic amines is 1. The Morgan fingerprint density at radius 2 is 2.29 bits per heavy atom. The highest BCUT2D eigenvalue weighted by Crippen LogP contribution is 2.16. The lowest BCUT2D eigenvalue weighted by atomic mass is 10.4. The zero-order valence-electron chi connectivity index (χ0n) is 8.26. The third kappa shape index (κ3) is 3.37. The molecule has 0 aliphatic carbocycles. The van der Waals surface area contributed by atoms with Crippen molar-refractivity contribution in [1.82, 2.24) is 9.97 Å². The van der Waals surface area contributed by atoms with E-state index < -0.39 is 0 Å². The molecular weight excluding hydrogens is 280 g/mol. The second kappa shape index (κ2) is 5.88. The van der Waals surface area contributed by atoms with Gasteiger partial charge in [-0.1, -0.05) is 19.1 Å². The van der Waals surface area contributed by atoms with Crippen LogP contribution in [0.2, 0.25) is 0 Å². The SMILES string of the molecule is CCCSCc1nc(=S)c(Br)c(C)[nH]1. The third-order valence-electron chi connectivity index (χ3n) is 1.67. The van der Waals surface area contributed by atoms with Crippen molar-refractivity contribution in [2.24, 2.45) is 0 Å². The summed E-state index contributed by atoms with van der Waals surface area (Å²) in [4.78, 5) is 7.53. The van der Waals surface area contributed by atoms with Crippen LogP contribution in [0, 0.1) is 11.6 Å². The van der Waals surface area contributed by atoms with E-state index in [1.807, 2.05) is 18.7 Å². The van der Waals surface area contributed by atoms with Crippen LogP contribution in [0.1, 0.15) is 24.9 Å². The summed E-state index contributed by atoms with van der Waals surface area (Å²) >= 11 is 10.4. The fourth-order valence-electron chi connectivity index (χ4n) is 1.01. The van der Waals surface area contributed by atoms with Crippen LogP contribution in [0.5, 0.6) is 0 Å². The van der Waals surface area contributed by atoms with Gasteiger partial charge in [-0.2, -0.15) is 11.8 Å². The van der Waals surface area contributed by atoms with Crippen LogP contribution >= 0.6 is 39.9 Å². The standard InChI is InChI=1S/C9H13BrN2S2/c1-3-4-14-5-7-11-6(2)8(10)9(13)12-7/h3-5H2,1-2H3,(H,11,12,13). The van der Waals surface area contributed by atoms with Crippen LogP contribution in [0.3, 0.4) is 0 Å². The van der Waals surface area contributed by atoms with Crippen molar-refractivity contribution in [1.29, 1.82) is 0 Å². The first kappa shape index (κ1) is 12.2. The van der Waals surface area contributed by atoms with Gasteiger partial charge in [-0.15, -0.1) is 0 Å². The number of aromatic nitrogens is 2. The van der Waals surface area contributed by atoms with Crippen molar-refractivity contribution in [3.8, 4) is 0 Å². The summed E-state index contributed by atoms with van der Waals surface area (Å²) in [5.41, 5.74) is 1.05. The number of aryl methyl sites for hydroxylation is 1. The summed E-state index contributed by atoms with van der Waals surface area (Å²) in [6, 6.07) is 0. The van der Waals surface area contributed by atoms with Crippen molar-refractivity contribution < 1.29 is 0 Å². The molecule has 0 aliphatic rings. The number of rotatable bonds is 4. The number of nitrogens with zero attached hydrogens (tertiary/aromatic N) is 1. The van der Waals surface area contributed by atoms with Gasteiger partial charge < -0.3 is 4.98 Å². The van der Waals surface area contributed by atoms with Crippen LogP contribution in [0.15, 0.2) is 4.47 Å². The van der Waals surface area contributed by atoms with Gasteiger partial charge in [0.15, 0.2) is 0 Å². The Bertz CT molecular complexity index is 362. The number of thioether (sulfide) groups is 1. The third-order valence-corrected chi connectivity index (χ3v) is 4.38. The average molecular weight is 293 g/mol. The van der Waals surface area contributed by atoms with Crippen LogP contribution in [-0.2, 0) is 5.75 Å². The van der Waals surface area contributed by atoms with Gasteiger partial charge in [-0.25, -0.2) is 4.98 Å². The van der Waals surface area contributed by atoms with E-state index in [0.29, 0.717) is 4.64 Å². The van der Waals surface area contributed by atoms with Gasteiger partial charge in [-0.3, -0.25) is 0 Å². The molecule has 0 aromatic carbocycles. The lowest BCUT2D eigenvalue weighted by Crippen LogP contribution is -1.97. The second-order valence-electron chi connectivity index (χ2n) is 2.98. The Morgan fingerprint density at radius 1 is 1.57 bits per heavy atom. The van der Waals surface area contributed by atoms with Crippen molar-refractivity contribution in [2.75, 3.05) is 5.75 Å². The molecule has 1 heterocycles. The van der Waals surface area contributed by atoms with Crippen molar-refractivity contribution in [3.05, 3.63) is 20.6 Å². The molecule has 1 aromatic rings. The molecule has 0 saturated heterocycles. The highest BCUT2D eigenvalue weighted by molar-refractivity contribution is 9.10. The quantitative estimate of drug-likeness (QED) is 0.675. The monoisotopic (exact) mass is 292 g/mol. The molecule has 1 N–H and O–H groups in total.